The van der Waals surface area contributed by atoms with E-state index in [1.54, 1.807) is 19.1 Å². The van der Waals surface area contributed by atoms with Gasteiger partial charge < -0.3 is 5.11 Å². The number of rotatable bonds is 3. The Kier molecular flexibility index (Phi) is 4.76. The molecule has 1 aliphatic heterocycles. The zero-order valence-electron chi connectivity index (χ0n) is 12.5. The first-order chi connectivity index (χ1) is 9.37. The highest BCUT2D eigenvalue weighted by atomic mass is 32.2. The lowest BCUT2D eigenvalue weighted by atomic mass is 10.1. The number of carbonyl (C=O) groups is 1. The Bertz CT molecular complexity index is 499. The highest BCUT2D eigenvalue weighted by molar-refractivity contribution is 8.00. The molecule has 0 atom stereocenters. The van der Waals surface area contributed by atoms with Crippen LogP contribution in [-0.4, -0.2) is 39.4 Å². The lowest BCUT2D eigenvalue weighted by molar-refractivity contribution is 0.101. The smallest absolute Gasteiger partial charge is 0.159 e. The number of nitrogens with zero attached hydrogens (tertiary/aromatic N) is 1. The van der Waals surface area contributed by atoms with Gasteiger partial charge in [0.25, 0.3) is 0 Å². The summed E-state index contributed by atoms with van der Waals surface area (Å²) >= 11 is 2.01. The molecule has 1 saturated heterocycles. The van der Waals surface area contributed by atoms with Crippen LogP contribution in [0, 0.1) is 0 Å². The van der Waals surface area contributed by atoms with Gasteiger partial charge in [-0.25, -0.2) is 0 Å². The van der Waals surface area contributed by atoms with Crippen molar-refractivity contribution < 1.29 is 9.90 Å². The maximum absolute atomic E-state index is 11.4. The molecule has 110 valence electrons. The van der Waals surface area contributed by atoms with Gasteiger partial charge in [0.05, 0.1) is 0 Å². The molecule has 0 bridgehead atoms. The second-order valence-electron chi connectivity index (χ2n) is 6.03. The molecule has 0 aromatic heterocycles. The predicted molar refractivity (Wildman–Crippen MR) is 84.5 cm³/mol. The first-order valence-corrected chi connectivity index (χ1v) is 8.05. The number of phenolic OH excluding ortho intramolecular Hbond substituents is 1. The van der Waals surface area contributed by atoms with Gasteiger partial charge in [0, 0.05) is 34.7 Å². The van der Waals surface area contributed by atoms with Gasteiger partial charge in [-0.3, -0.25) is 9.69 Å². The molecular weight excluding hydrogens is 270 g/mol. The van der Waals surface area contributed by atoms with Crippen molar-refractivity contribution in [3.63, 3.8) is 0 Å². The van der Waals surface area contributed by atoms with E-state index < -0.39 is 0 Å². The Morgan fingerprint density at radius 3 is 2.85 bits per heavy atom. The number of benzene rings is 1. The van der Waals surface area contributed by atoms with E-state index in [2.05, 4.69) is 18.7 Å². The van der Waals surface area contributed by atoms with Crippen LogP contribution in [0.1, 0.15) is 43.1 Å². The molecule has 0 radical (unpaired) electrons. The van der Waals surface area contributed by atoms with Crippen LogP contribution in [0.4, 0.5) is 0 Å². The monoisotopic (exact) mass is 293 g/mol. The molecule has 1 N–H and O–H groups in total. The normalized spacial score (nSPS) is 19.6. The second-order valence-corrected chi connectivity index (χ2v) is 7.84. The van der Waals surface area contributed by atoms with Crippen LogP contribution in [0.3, 0.4) is 0 Å². The van der Waals surface area contributed by atoms with Crippen molar-refractivity contribution >= 4 is 17.5 Å². The van der Waals surface area contributed by atoms with Gasteiger partial charge in [-0.05, 0) is 38.1 Å². The molecule has 1 aromatic carbocycles. The van der Waals surface area contributed by atoms with Gasteiger partial charge in [-0.1, -0.05) is 13.8 Å². The summed E-state index contributed by atoms with van der Waals surface area (Å²) in [5.41, 5.74) is 1.52. The number of ketones is 1. The topological polar surface area (TPSA) is 40.5 Å². The van der Waals surface area contributed by atoms with E-state index >= 15 is 0 Å². The fourth-order valence-electron chi connectivity index (χ4n) is 2.39. The predicted octanol–water partition coefficient (Wildman–Crippen LogP) is 3.31. The van der Waals surface area contributed by atoms with E-state index in [1.807, 2.05) is 17.8 Å². The summed E-state index contributed by atoms with van der Waals surface area (Å²) in [5, 5.41) is 9.98. The van der Waals surface area contributed by atoms with Gasteiger partial charge >= 0.3 is 0 Å². The van der Waals surface area contributed by atoms with E-state index in [0.717, 1.165) is 30.8 Å². The largest absolute Gasteiger partial charge is 0.508 e. The van der Waals surface area contributed by atoms with E-state index in [9.17, 15) is 9.90 Å². The maximum Gasteiger partial charge on any atom is 0.159 e. The highest BCUT2D eigenvalue weighted by Crippen LogP contribution is 2.31. The molecular formula is C16H23NO2S. The van der Waals surface area contributed by atoms with Crippen molar-refractivity contribution in [2.24, 2.45) is 0 Å². The third-order valence-electron chi connectivity index (χ3n) is 3.81. The molecule has 1 aliphatic rings. The van der Waals surface area contributed by atoms with Crippen LogP contribution in [0.25, 0.3) is 0 Å². The fraction of sp³-hybridized carbons (Fsp3) is 0.562. The summed E-state index contributed by atoms with van der Waals surface area (Å²) in [6.07, 6.45) is 1.14. The Hall–Kier alpha value is -1.00. The summed E-state index contributed by atoms with van der Waals surface area (Å²) < 4.78 is 0.331. The summed E-state index contributed by atoms with van der Waals surface area (Å²) in [4.78, 5) is 13.8. The molecule has 4 heteroatoms. The van der Waals surface area contributed by atoms with Crippen LogP contribution >= 0.6 is 11.8 Å². The SMILES string of the molecule is CC(=O)c1ccc(O)c(CN2CCSC(C)(C)CC2)c1. The molecule has 1 heterocycles. The van der Waals surface area contributed by atoms with Crippen molar-refractivity contribution in [3.8, 4) is 5.75 Å². The van der Waals surface area contributed by atoms with Crippen LogP contribution < -0.4 is 0 Å². The van der Waals surface area contributed by atoms with Crippen molar-refractivity contribution in [1.82, 2.24) is 4.90 Å². The van der Waals surface area contributed by atoms with Crippen LogP contribution in [0.15, 0.2) is 18.2 Å². The fourth-order valence-corrected chi connectivity index (χ4v) is 3.53. The summed E-state index contributed by atoms with van der Waals surface area (Å²) in [7, 11) is 0. The third kappa shape index (κ3) is 4.00. The maximum atomic E-state index is 11.4. The average molecular weight is 293 g/mol. The molecule has 0 spiro atoms. The van der Waals surface area contributed by atoms with Crippen LogP contribution in [0.2, 0.25) is 0 Å². The lowest BCUT2D eigenvalue weighted by Crippen LogP contribution is -2.26. The number of Topliss-reactive ketones (excluding diaryl/α,β-unsaturated/α-hetero) is 1. The minimum Gasteiger partial charge on any atom is -0.508 e. The summed E-state index contributed by atoms with van der Waals surface area (Å²) in [6.45, 7) is 8.90. The number of hydrogen-bond acceptors (Lipinski definition) is 4. The summed E-state index contributed by atoms with van der Waals surface area (Å²) in [5.74, 6) is 1.44. The first-order valence-electron chi connectivity index (χ1n) is 7.06. The minimum atomic E-state index is 0.0406. The Morgan fingerprint density at radius 2 is 2.15 bits per heavy atom. The number of carbonyl (C=O) groups excluding carboxylic acids is 1. The third-order valence-corrected chi connectivity index (χ3v) is 5.18. The number of thioether (sulfide) groups is 1. The lowest BCUT2D eigenvalue weighted by Gasteiger charge is -2.23. The van der Waals surface area contributed by atoms with Crippen LogP contribution in [0.5, 0.6) is 5.75 Å². The second kappa shape index (κ2) is 6.19. The van der Waals surface area contributed by atoms with Crippen molar-refractivity contribution in [1.29, 1.82) is 0 Å². The van der Waals surface area contributed by atoms with E-state index in [4.69, 9.17) is 0 Å². The first kappa shape index (κ1) is 15.4. The number of phenols is 1. The van der Waals surface area contributed by atoms with Gasteiger partial charge in [-0.2, -0.15) is 11.8 Å². The van der Waals surface area contributed by atoms with Gasteiger partial charge in [-0.15, -0.1) is 0 Å². The zero-order chi connectivity index (χ0) is 14.8. The Balaban J connectivity index is 2.09. The molecule has 3 nitrogen and oxygen atoms in total. The van der Waals surface area contributed by atoms with Gasteiger partial charge in [0.2, 0.25) is 0 Å². The molecule has 0 unspecified atom stereocenters. The zero-order valence-corrected chi connectivity index (χ0v) is 13.3. The quantitative estimate of drug-likeness (QED) is 0.868. The number of hydrogen-bond donors (Lipinski definition) is 1. The molecule has 0 saturated carbocycles. The Labute approximate surface area is 125 Å². The molecule has 1 aromatic rings. The van der Waals surface area contributed by atoms with Crippen molar-refractivity contribution in [2.75, 3.05) is 18.8 Å². The Morgan fingerprint density at radius 1 is 1.40 bits per heavy atom. The van der Waals surface area contributed by atoms with E-state index in [0.29, 0.717) is 16.9 Å². The minimum absolute atomic E-state index is 0.0406. The van der Waals surface area contributed by atoms with Gasteiger partial charge in [0.1, 0.15) is 5.75 Å². The highest BCUT2D eigenvalue weighted by Gasteiger charge is 2.24. The average Bonchev–Trinajstić information content (AvgIpc) is 2.53. The molecule has 0 amide bonds. The molecule has 20 heavy (non-hydrogen) atoms. The molecule has 1 fully saturated rings. The van der Waals surface area contributed by atoms with Gasteiger partial charge in [0.15, 0.2) is 5.78 Å². The van der Waals surface area contributed by atoms with Crippen LogP contribution in [-0.2, 0) is 6.54 Å². The number of aromatic hydroxyl groups is 1. The van der Waals surface area contributed by atoms with E-state index in [1.165, 1.54) is 0 Å². The molecule has 2 rings (SSSR count). The molecule has 0 aliphatic carbocycles. The standard InChI is InChI=1S/C16H23NO2S/c1-12(18)13-4-5-15(19)14(10-13)11-17-7-6-16(2,3)20-9-8-17/h4-5,10,19H,6-9,11H2,1-3H3. The van der Waals surface area contributed by atoms with Crippen molar-refractivity contribution in [3.05, 3.63) is 29.3 Å². The van der Waals surface area contributed by atoms with Crippen molar-refractivity contribution in [2.45, 2.75) is 38.5 Å². The summed E-state index contributed by atoms with van der Waals surface area (Å²) in [6, 6.07) is 5.13. The van der Waals surface area contributed by atoms with E-state index in [-0.39, 0.29) is 11.5 Å².